The van der Waals surface area contributed by atoms with Gasteiger partial charge in [0.05, 0.1) is 6.04 Å². The highest BCUT2D eigenvalue weighted by molar-refractivity contribution is 6.05. The molecular weight excluding hydrogens is 298 g/mol. The minimum atomic E-state index is -0.573. The number of nitrogens with zero attached hydrogens (tertiary/aromatic N) is 1. The van der Waals surface area contributed by atoms with Crippen molar-refractivity contribution in [3.05, 3.63) is 42.0 Å². The van der Waals surface area contributed by atoms with Gasteiger partial charge in [0.15, 0.2) is 0 Å². The number of carbonyl (C=O) groups excluding carboxylic acids is 1. The largest absolute Gasteiger partial charge is 0.351 e. The molecule has 0 radical (unpaired) electrons. The van der Waals surface area contributed by atoms with Gasteiger partial charge in [-0.2, -0.15) is 0 Å². The lowest BCUT2D eigenvalue weighted by atomic mass is 9.88. The van der Waals surface area contributed by atoms with E-state index in [0.717, 1.165) is 24.3 Å². The Balaban J connectivity index is 0.00000242. The Kier molecular flexibility index (Phi) is 7.67. The van der Waals surface area contributed by atoms with Gasteiger partial charge >= 0.3 is 6.03 Å². The second-order valence-electron chi connectivity index (χ2n) is 5.66. The standard InChI is InChI=1S/C17H23N3O.ClH/c1-13-7-10-15(11-8-13)19-16(20-17(18)21)12-9-14-5-3-2-4-6-14;/h2-6,9,12-13,15H,7-8,10-11H2,1H3,(H3,18,19,20,21);1H/b12-9+;. The van der Waals surface area contributed by atoms with Crippen LogP contribution < -0.4 is 11.1 Å². The molecule has 4 nitrogen and oxygen atoms in total. The van der Waals surface area contributed by atoms with E-state index < -0.39 is 6.03 Å². The van der Waals surface area contributed by atoms with Crippen LogP contribution in [-0.2, 0) is 0 Å². The molecule has 1 aromatic carbocycles. The molecule has 5 heteroatoms. The summed E-state index contributed by atoms with van der Waals surface area (Å²) in [6.45, 7) is 2.28. The van der Waals surface area contributed by atoms with Crippen LogP contribution in [-0.4, -0.2) is 17.9 Å². The van der Waals surface area contributed by atoms with Crippen molar-refractivity contribution >= 4 is 30.3 Å². The molecule has 0 saturated heterocycles. The summed E-state index contributed by atoms with van der Waals surface area (Å²) >= 11 is 0. The molecule has 0 heterocycles. The number of amides is 2. The predicted octanol–water partition coefficient (Wildman–Crippen LogP) is 3.77. The van der Waals surface area contributed by atoms with Crippen molar-refractivity contribution in [2.75, 3.05) is 0 Å². The van der Waals surface area contributed by atoms with Crippen molar-refractivity contribution in [1.29, 1.82) is 0 Å². The molecule has 1 aliphatic rings. The first-order valence-electron chi connectivity index (χ1n) is 7.51. The number of nitrogens with one attached hydrogen (secondary N) is 1. The maximum Gasteiger partial charge on any atom is 0.317 e. The van der Waals surface area contributed by atoms with Crippen molar-refractivity contribution in [2.45, 2.75) is 38.6 Å². The minimum absolute atomic E-state index is 0. The van der Waals surface area contributed by atoms with Crippen LogP contribution >= 0.6 is 12.4 Å². The highest BCUT2D eigenvalue weighted by atomic mass is 35.5. The fourth-order valence-corrected chi connectivity index (χ4v) is 2.55. The van der Waals surface area contributed by atoms with Crippen LogP contribution in [0.2, 0.25) is 0 Å². The zero-order chi connectivity index (χ0) is 15.1. The van der Waals surface area contributed by atoms with E-state index in [1.54, 1.807) is 0 Å². The normalized spacial score (nSPS) is 22.1. The van der Waals surface area contributed by atoms with Gasteiger partial charge in [-0.3, -0.25) is 10.3 Å². The maximum absolute atomic E-state index is 11.1. The molecule has 1 saturated carbocycles. The summed E-state index contributed by atoms with van der Waals surface area (Å²) in [7, 11) is 0. The summed E-state index contributed by atoms with van der Waals surface area (Å²) in [4.78, 5) is 15.8. The quantitative estimate of drug-likeness (QED) is 0.646. The molecular formula is C17H24ClN3O. The fraction of sp³-hybridized carbons (Fsp3) is 0.412. The Morgan fingerprint density at radius 2 is 1.86 bits per heavy atom. The third kappa shape index (κ3) is 6.31. The number of primary amides is 1. The summed E-state index contributed by atoms with van der Waals surface area (Å²) < 4.78 is 0. The van der Waals surface area contributed by atoms with E-state index in [4.69, 9.17) is 5.73 Å². The SMILES string of the molecule is CC1CCC(N=C(/C=C/c2ccccc2)NC(N)=O)CC1.Cl. The molecule has 3 N–H and O–H groups in total. The van der Waals surface area contributed by atoms with Gasteiger partial charge in [0.2, 0.25) is 0 Å². The van der Waals surface area contributed by atoms with Gasteiger partial charge in [-0.15, -0.1) is 12.4 Å². The monoisotopic (exact) mass is 321 g/mol. The van der Waals surface area contributed by atoms with E-state index in [-0.39, 0.29) is 18.4 Å². The first-order valence-corrected chi connectivity index (χ1v) is 7.51. The molecule has 0 unspecified atom stereocenters. The Morgan fingerprint density at radius 1 is 1.23 bits per heavy atom. The molecule has 1 fully saturated rings. The average molecular weight is 322 g/mol. The highest BCUT2D eigenvalue weighted by Gasteiger charge is 2.17. The lowest BCUT2D eigenvalue weighted by molar-refractivity contribution is 0.253. The predicted molar refractivity (Wildman–Crippen MR) is 94.3 cm³/mol. The van der Waals surface area contributed by atoms with Gasteiger partial charge in [0, 0.05) is 0 Å². The summed E-state index contributed by atoms with van der Waals surface area (Å²) in [5.41, 5.74) is 6.29. The van der Waals surface area contributed by atoms with Gasteiger partial charge in [-0.25, -0.2) is 4.79 Å². The van der Waals surface area contributed by atoms with Crippen LogP contribution in [0.1, 0.15) is 38.2 Å². The van der Waals surface area contributed by atoms with Gasteiger partial charge in [0.25, 0.3) is 0 Å². The number of aliphatic imine (C=N–C) groups is 1. The van der Waals surface area contributed by atoms with E-state index in [2.05, 4.69) is 17.2 Å². The van der Waals surface area contributed by atoms with Crippen molar-refractivity contribution < 1.29 is 4.79 Å². The van der Waals surface area contributed by atoms with Crippen molar-refractivity contribution in [3.8, 4) is 0 Å². The molecule has 120 valence electrons. The lowest BCUT2D eigenvalue weighted by Gasteiger charge is -2.23. The molecule has 2 amide bonds. The lowest BCUT2D eigenvalue weighted by Crippen LogP contribution is -2.35. The third-order valence-corrected chi connectivity index (χ3v) is 3.79. The van der Waals surface area contributed by atoms with Crippen LogP contribution in [0.5, 0.6) is 0 Å². The number of hydrogen-bond acceptors (Lipinski definition) is 2. The highest BCUT2D eigenvalue weighted by Crippen LogP contribution is 2.25. The van der Waals surface area contributed by atoms with Crippen LogP contribution in [0.3, 0.4) is 0 Å². The number of carbonyl (C=O) groups is 1. The first-order chi connectivity index (χ1) is 10.1. The van der Waals surface area contributed by atoms with Crippen LogP contribution in [0, 0.1) is 5.92 Å². The molecule has 2 rings (SSSR count). The topological polar surface area (TPSA) is 67.5 Å². The van der Waals surface area contributed by atoms with Gasteiger partial charge in [-0.1, -0.05) is 43.3 Å². The molecule has 0 atom stereocenters. The zero-order valence-corrected chi connectivity index (χ0v) is 13.7. The molecule has 1 aromatic rings. The molecule has 0 aromatic heterocycles. The number of urea groups is 1. The Bertz CT molecular complexity index is 520. The second-order valence-corrected chi connectivity index (χ2v) is 5.66. The fourth-order valence-electron chi connectivity index (χ4n) is 2.55. The number of halogens is 1. The second kappa shape index (κ2) is 9.26. The number of hydrogen-bond donors (Lipinski definition) is 2. The molecule has 0 bridgehead atoms. The van der Waals surface area contributed by atoms with E-state index >= 15 is 0 Å². The minimum Gasteiger partial charge on any atom is -0.351 e. The van der Waals surface area contributed by atoms with Gasteiger partial charge in [-0.05, 0) is 43.2 Å². The molecule has 1 aliphatic carbocycles. The van der Waals surface area contributed by atoms with Gasteiger partial charge in [0.1, 0.15) is 5.84 Å². The smallest absolute Gasteiger partial charge is 0.317 e. The van der Waals surface area contributed by atoms with Crippen molar-refractivity contribution in [1.82, 2.24) is 5.32 Å². The third-order valence-electron chi connectivity index (χ3n) is 3.79. The number of amidine groups is 1. The Hall–Kier alpha value is -1.81. The van der Waals surface area contributed by atoms with Crippen molar-refractivity contribution in [2.24, 2.45) is 16.6 Å². The van der Waals surface area contributed by atoms with E-state index in [1.807, 2.05) is 42.5 Å². The van der Waals surface area contributed by atoms with E-state index in [9.17, 15) is 4.79 Å². The summed E-state index contributed by atoms with van der Waals surface area (Å²) in [6.07, 6.45) is 8.29. The first kappa shape index (κ1) is 18.2. The van der Waals surface area contributed by atoms with E-state index in [1.165, 1.54) is 12.8 Å². The summed E-state index contributed by atoms with van der Waals surface area (Å²) in [5, 5.41) is 2.61. The molecule has 0 aliphatic heterocycles. The van der Waals surface area contributed by atoms with Crippen LogP contribution in [0.25, 0.3) is 6.08 Å². The average Bonchev–Trinajstić information content (AvgIpc) is 2.48. The number of rotatable bonds is 3. The Labute approximate surface area is 138 Å². The summed E-state index contributed by atoms with van der Waals surface area (Å²) in [6, 6.07) is 9.62. The zero-order valence-electron chi connectivity index (χ0n) is 12.9. The molecule has 22 heavy (non-hydrogen) atoms. The summed E-state index contributed by atoms with van der Waals surface area (Å²) in [5.74, 6) is 1.33. The Morgan fingerprint density at radius 3 is 2.45 bits per heavy atom. The number of nitrogens with two attached hydrogens (primary N) is 1. The maximum atomic E-state index is 11.1. The van der Waals surface area contributed by atoms with Crippen LogP contribution in [0.15, 0.2) is 41.4 Å². The van der Waals surface area contributed by atoms with Crippen molar-refractivity contribution in [3.63, 3.8) is 0 Å². The van der Waals surface area contributed by atoms with Gasteiger partial charge < -0.3 is 5.73 Å². The van der Waals surface area contributed by atoms with E-state index in [0.29, 0.717) is 5.84 Å². The van der Waals surface area contributed by atoms with Crippen LogP contribution in [0.4, 0.5) is 4.79 Å². The molecule has 0 spiro atoms. The number of benzene rings is 1.